The van der Waals surface area contributed by atoms with E-state index >= 15 is 0 Å². The van der Waals surface area contributed by atoms with Gasteiger partial charge >= 0.3 is 0 Å². The van der Waals surface area contributed by atoms with Crippen molar-refractivity contribution < 1.29 is 17.9 Å². The summed E-state index contributed by atoms with van der Waals surface area (Å²) in [5, 5.41) is 2.76. The van der Waals surface area contributed by atoms with Gasteiger partial charge in [0, 0.05) is 18.9 Å². The van der Waals surface area contributed by atoms with Crippen LogP contribution in [0.3, 0.4) is 0 Å². The molecule has 1 amide bonds. The Morgan fingerprint density at radius 3 is 2.71 bits per heavy atom. The van der Waals surface area contributed by atoms with Crippen LogP contribution in [0.2, 0.25) is 0 Å². The second-order valence-corrected chi connectivity index (χ2v) is 7.35. The quantitative estimate of drug-likeness (QED) is 0.889. The van der Waals surface area contributed by atoms with Gasteiger partial charge in [-0.15, -0.1) is 0 Å². The van der Waals surface area contributed by atoms with Gasteiger partial charge in [-0.3, -0.25) is 14.1 Å². The Labute approximate surface area is 140 Å². The molecule has 1 aromatic heterocycles. The summed E-state index contributed by atoms with van der Waals surface area (Å²) in [5.41, 5.74) is 1.34. The number of para-hydroxylation sites is 2. The minimum Gasteiger partial charge on any atom is -0.476 e. The summed E-state index contributed by atoms with van der Waals surface area (Å²) in [7, 11) is -3.51. The predicted molar refractivity (Wildman–Crippen MR) is 89.1 cm³/mol. The lowest BCUT2D eigenvalue weighted by atomic mass is 10.2. The number of nitrogens with zero attached hydrogens (tertiary/aromatic N) is 2. The normalized spacial score (nSPS) is 16.9. The minimum absolute atomic E-state index is 0.0575. The molecule has 8 heteroatoms. The van der Waals surface area contributed by atoms with Gasteiger partial charge in [0.1, 0.15) is 5.75 Å². The molecule has 0 saturated heterocycles. The first kappa shape index (κ1) is 16.3. The van der Waals surface area contributed by atoms with Crippen LogP contribution in [-0.2, 0) is 21.4 Å². The van der Waals surface area contributed by atoms with E-state index in [1.54, 1.807) is 48.8 Å². The van der Waals surface area contributed by atoms with Crippen LogP contribution in [-0.4, -0.2) is 38.2 Å². The highest BCUT2D eigenvalue weighted by molar-refractivity contribution is 7.92. The summed E-state index contributed by atoms with van der Waals surface area (Å²) in [6.07, 6.45) is 3.48. The lowest BCUT2D eigenvalue weighted by Crippen LogP contribution is -2.50. The van der Waals surface area contributed by atoms with Crippen LogP contribution in [0.25, 0.3) is 0 Å². The summed E-state index contributed by atoms with van der Waals surface area (Å²) < 4.78 is 30.9. The molecule has 126 valence electrons. The van der Waals surface area contributed by atoms with Crippen molar-refractivity contribution >= 4 is 21.6 Å². The smallest absolute Gasteiger partial charge is 0.263 e. The number of aromatic nitrogens is 1. The van der Waals surface area contributed by atoms with Crippen molar-refractivity contribution in [2.24, 2.45) is 0 Å². The van der Waals surface area contributed by atoms with Crippen LogP contribution in [0, 0.1) is 0 Å². The molecule has 1 aliphatic heterocycles. The zero-order valence-corrected chi connectivity index (χ0v) is 13.9. The summed E-state index contributed by atoms with van der Waals surface area (Å²) in [4.78, 5) is 16.3. The molecule has 0 unspecified atom stereocenters. The lowest BCUT2D eigenvalue weighted by molar-refractivity contribution is -0.127. The first-order valence-corrected chi connectivity index (χ1v) is 9.20. The number of amides is 1. The molecule has 0 bridgehead atoms. The fourth-order valence-electron chi connectivity index (χ4n) is 2.46. The second-order valence-electron chi connectivity index (χ2n) is 5.44. The number of rotatable bonds is 4. The number of carbonyl (C=O) groups is 1. The SMILES string of the molecule is CS(=O)(=O)N1C[C@H](C(=O)NCc2ccncc2)Oc2ccccc21. The zero-order valence-electron chi connectivity index (χ0n) is 13.0. The molecular formula is C16H17N3O4S. The number of anilines is 1. The highest BCUT2D eigenvalue weighted by Crippen LogP contribution is 2.34. The van der Waals surface area contributed by atoms with E-state index in [0.717, 1.165) is 11.8 Å². The number of carbonyl (C=O) groups excluding carboxylic acids is 1. The average molecular weight is 347 g/mol. The topological polar surface area (TPSA) is 88.6 Å². The molecule has 0 radical (unpaired) electrons. The molecule has 1 atom stereocenters. The summed E-state index contributed by atoms with van der Waals surface area (Å²) in [5.74, 6) is 0.00759. The number of pyridine rings is 1. The van der Waals surface area contributed by atoms with E-state index in [0.29, 0.717) is 18.0 Å². The largest absolute Gasteiger partial charge is 0.476 e. The molecule has 0 fully saturated rings. The molecule has 7 nitrogen and oxygen atoms in total. The zero-order chi connectivity index (χ0) is 17.2. The number of ether oxygens (including phenoxy) is 1. The van der Waals surface area contributed by atoms with Gasteiger partial charge < -0.3 is 10.1 Å². The van der Waals surface area contributed by atoms with Crippen LogP contribution in [0.15, 0.2) is 48.8 Å². The molecule has 0 aliphatic carbocycles. The Kier molecular flexibility index (Phi) is 4.39. The standard InChI is InChI=1S/C16H17N3O4S/c1-24(21,22)19-11-15(23-14-5-3-2-4-13(14)19)16(20)18-10-12-6-8-17-9-7-12/h2-9,15H,10-11H2,1H3,(H,18,20)/t15-/m1/s1. The molecule has 1 aliphatic rings. The van der Waals surface area contributed by atoms with Gasteiger partial charge in [0.25, 0.3) is 5.91 Å². The first-order valence-electron chi connectivity index (χ1n) is 7.35. The Hall–Kier alpha value is -2.61. The third-order valence-electron chi connectivity index (χ3n) is 3.64. The Bertz CT molecular complexity index is 839. The van der Waals surface area contributed by atoms with Crippen molar-refractivity contribution in [3.63, 3.8) is 0 Å². The molecule has 2 aromatic rings. The van der Waals surface area contributed by atoms with Gasteiger partial charge in [-0.1, -0.05) is 12.1 Å². The van der Waals surface area contributed by atoms with Crippen LogP contribution in [0.1, 0.15) is 5.56 Å². The van der Waals surface area contributed by atoms with E-state index in [4.69, 9.17) is 4.74 Å². The van der Waals surface area contributed by atoms with Crippen LogP contribution >= 0.6 is 0 Å². The molecule has 0 saturated carbocycles. The predicted octanol–water partition coefficient (Wildman–Crippen LogP) is 0.925. The van der Waals surface area contributed by atoms with Gasteiger partial charge in [0.2, 0.25) is 10.0 Å². The van der Waals surface area contributed by atoms with E-state index in [2.05, 4.69) is 10.3 Å². The van der Waals surface area contributed by atoms with E-state index in [1.807, 2.05) is 0 Å². The first-order chi connectivity index (χ1) is 11.4. The van der Waals surface area contributed by atoms with Crippen molar-refractivity contribution in [3.05, 3.63) is 54.4 Å². The van der Waals surface area contributed by atoms with E-state index in [9.17, 15) is 13.2 Å². The van der Waals surface area contributed by atoms with E-state index in [1.165, 1.54) is 4.31 Å². The number of nitrogens with one attached hydrogen (secondary N) is 1. The van der Waals surface area contributed by atoms with Gasteiger partial charge in [0.15, 0.2) is 6.10 Å². The third-order valence-corrected chi connectivity index (χ3v) is 4.79. The van der Waals surface area contributed by atoms with Crippen molar-refractivity contribution in [1.29, 1.82) is 0 Å². The monoisotopic (exact) mass is 347 g/mol. The maximum absolute atomic E-state index is 12.4. The molecule has 1 N–H and O–H groups in total. The van der Waals surface area contributed by atoms with Gasteiger partial charge in [-0.25, -0.2) is 8.42 Å². The van der Waals surface area contributed by atoms with Crippen molar-refractivity contribution in [2.75, 3.05) is 17.1 Å². The molecule has 24 heavy (non-hydrogen) atoms. The fourth-order valence-corrected chi connectivity index (χ4v) is 3.37. The fraction of sp³-hybridized carbons (Fsp3) is 0.250. The molecular weight excluding hydrogens is 330 g/mol. The number of hydrogen-bond donors (Lipinski definition) is 1. The molecule has 1 aromatic carbocycles. The third kappa shape index (κ3) is 3.48. The Morgan fingerprint density at radius 2 is 2.00 bits per heavy atom. The van der Waals surface area contributed by atoms with Gasteiger partial charge in [-0.05, 0) is 29.8 Å². The Morgan fingerprint density at radius 1 is 1.29 bits per heavy atom. The van der Waals surface area contributed by atoms with E-state index < -0.39 is 16.1 Å². The highest BCUT2D eigenvalue weighted by atomic mass is 32.2. The van der Waals surface area contributed by atoms with Gasteiger partial charge in [-0.2, -0.15) is 0 Å². The molecule has 3 rings (SSSR count). The summed E-state index contributed by atoms with van der Waals surface area (Å²) in [6, 6.07) is 10.3. The van der Waals surface area contributed by atoms with Crippen LogP contribution < -0.4 is 14.4 Å². The molecule has 2 heterocycles. The number of sulfonamides is 1. The second kappa shape index (κ2) is 6.48. The maximum Gasteiger partial charge on any atom is 0.263 e. The molecule has 0 spiro atoms. The van der Waals surface area contributed by atoms with Crippen LogP contribution in [0.5, 0.6) is 5.75 Å². The highest BCUT2D eigenvalue weighted by Gasteiger charge is 2.34. The summed E-state index contributed by atoms with van der Waals surface area (Å²) >= 11 is 0. The number of fused-ring (bicyclic) bond motifs is 1. The number of benzene rings is 1. The minimum atomic E-state index is -3.51. The van der Waals surface area contributed by atoms with E-state index in [-0.39, 0.29) is 12.5 Å². The summed E-state index contributed by atoms with van der Waals surface area (Å²) in [6.45, 7) is 0.264. The van der Waals surface area contributed by atoms with Crippen molar-refractivity contribution in [3.8, 4) is 5.75 Å². The maximum atomic E-state index is 12.4. The van der Waals surface area contributed by atoms with Crippen molar-refractivity contribution in [1.82, 2.24) is 10.3 Å². The number of hydrogen-bond acceptors (Lipinski definition) is 5. The average Bonchev–Trinajstić information content (AvgIpc) is 2.58. The Balaban J connectivity index is 1.76. The van der Waals surface area contributed by atoms with Crippen LogP contribution in [0.4, 0.5) is 5.69 Å². The van der Waals surface area contributed by atoms with Crippen molar-refractivity contribution in [2.45, 2.75) is 12.6 Å². The lowest BCUT2D eigenvalue weighted by Gasteiger charge is -2.33. The van der Waals surface area contributed by atoms with Gasteiger partial charge in [0.05, 0.1) is 18.5 Å².